The van der Waals surface area contributed by atoms with Gasteiger partial charge in [-0.25, -0.2) is 8.78 Å². The molecule has 0 saturated carbocycles. The number of carbonyl (C=O) groups excluding carboxylic acids is 1. The van der Waals surface area contributed by atoms with Gasteiger partial charge in [0.15, 0.2) is 0 Å². The van der Waals surface area contributed by atoms with Crippen molar-refractivity contribution in [2.45, 2.75) is 19.8 Å². The maximum absolute atomic E-state index is 13.4. The van der Waals surface area contributed by atoms with E-state index >= 15 is 0 Å². The van der Waals surface area contributed by atoms with Crippen molar-refractivity contribution in [3.8, 4) is 0 Å². The van der Waals surface area contributed by atoms with Crippen LogP contribution in [0.1, 0.15) is 29.3 Å². The second-order valence-corrected chi connectivity index (χ2v) is 3.67. The number of hydrogen-bond donors (Lipinski definition) is 2. The smallest absolute Gasteiger partial charge is 0.305 e. The Bertz CT molecular complexity index is 451. The number of benzene rings is 1. The Balaban J connectivity index is 2.78. The second-order valence-electron chi connectivity index (χ2n) is 3.67. The van der Waals surface area contributed by atoms with Crippen molar-refractivity contribution >= 4 is 11.9 Å². The molecule has 0 heterocycles. The highest BCUT2D eigenvalue weighted by Crippen LogP contribution is 2.16. The zero-order chi connectivity index (χ0) is 13.7. The molecule has 1 rings (SSSR count). The fraction of sp³-hybridized carbons (Fsp3) is 0.333. The van der Waals surface area contributed by atoms with E-state index in [1.165, 1.54) is 0 Å². The number of carboxylic acids is 1. The Morgan fingerprint density at radius 2 is 1.83 bits per heavy atom. The lowest BCUT2D eigenvalue weighted by Crippen LogP contribution is -2.26. The standard InChI is InChI=1S/C12H13F2NO3/c1-2-8-9(13)5-7(6-10(8)14)12(18)15-4-3-11(16)17/h5-6H,2-4H2,1H3,(H,15,18)(H,16,17). The molecular weight excluding hydrogens is 244 g/mol. The van der Waals surface area contributed by atoms with Crippen LogP contribution in [0, 0.1) is 11.6 Å². The highest BCUT2D eigenvalue weighted by molar-refractivity contribution is 5.94. The van der Waals surface area contributed by atoms with E-state index in [9.17, 15) is 18.4 Å². The molecule has 98 valence electrons. The van der Waals surface area contributed by atoms with Crippen LogP contribution in [-0.4, -0.2) is 23.5 Å². The van der Waals surface area contributed by atoms with Crippen molar-refractivity contribution in [1.82, 2.24) is 5.32 Å². The summed E-state index contributed by atoms with van der Waals surface area (Å²) in [6, 6.07) is 1.88. The average molecular weight is 257 g/mol. The van der Waals surface area contributed by atoms with Crippen LogP contribution < -0.4 is 5.32 Å². The fourth-order valence-electron chi connectivity index (χ4n) is 1.46. The van der Waals surface area contributed by atoms with Gasteiger partial charge in [0.05, 0.1) is 6.42 Å². The third kappa shape index (κ3) is 3.51. The monoisotopic (exact) mass is 257 g/mol. The summed E-state index contributed by atoms with van der Waals surface area (Å²) < 4.78 is 26.8. The summed E-state index contributed by atoms with van der Waals surface area (Å²) in [5.74, 6) is -3.31. The second kappa shape index (κ2) is 6.09. The molecule has 0 aliphatic carbocycles. The molecule has 18 heavy (non-hydrogen) atoms. The molecule has 0 radical (unpaired) electrons. The molecule has 0 fully saturated rings. The van der Waals surface area contributed by atoms with Gasteiger partial charge in [-0.15, -0.1) is 0 Å². The molecule has 0 bridgehead atoms. The van der Waals surface area contributed by atoms with Crippen LogP contribution in [0.4, 0.5) is 8.78 Å². The van der Waals surface area contributed by atoms with E-state index in [2.05, 4.69) is 5.32 Å². The van der Waals surface area contributed by atoms with Gasteiger partial charge in [-0.3, -0.25) is 9.59 Å². The van der Waals surface area contributed by atoms with Gasteiger partial charge < -0.3 is 10.4 Å². The van der Waals surface area contributed by atoms with E-state index in [1.807, 2.05) is 0 Å². The number of nitrogens with one attached hydrogen (secondary N) is 1. The minimum Gasteiger partial charge on any atom is -0.481 e. The molecule has 1 amide bonds. The third-order valence-electron chi connectivity index (χ3n) is 2.38. The highest BCUT2D eigenvalue weighted by Gasteiger charge is 2.13. The molecule has 1 aromatic rings. The third-order valence-corrected chi connectivity index (χ3v) is 2.38. The maximum Gasteiger partial charge on any atom is 0.305 e. The van der Waals surface area contributed by atoms with Crippen LogP contribution in [0.15, 0.2) is 12.1 Å². The molecule has 6 heteroatoms. The molecule has 1 aromatic carbocycles. The number of hydrogen-bond acceptors (Lipinski definition) is 2. The zero-order valence-corrected chi connectivity index (χ0v) is 9.80. The summed E-state index contributed by atoms with van der Waals surface area (Å²) in [6.07, 6.45) is -0.0532. The molecule has 4 nitrogen and oxygen atoms in total. The lowest BCUT2D eigenvalue weighted by molar-refractivity contribution is -0.136. The van der Waals surface area contributed by atoms with Gasteiger partial charge in [0, 0.05) is 17.7 Å². The van der Waals surface area contributed by atoms with Crippen LogP contribution in [-0.2, 0) is 11.2 Å². The van der Waals surface area contributed by atoms with Crippen molar-refractivity contribution in [2.24, 2.45) is 0 Å². The molecule has 0 aliphatic heterocycles. The lowest BCUT2D eigenvalue weighted by atomic mass is 10.1. The van der Waals surface area contributed by atoms with Crippen LogP contribution in [0.2, 0.25) is 0 Å². The Labute approximate surface area is 103 Å². The number of carboxylic acid groups (broad SMARTS) is 1. The van der Waals surface area contributed by atoms with Crippen LogP contribution in [0.3, 0.4) is 0 Å². The summed E-state index contributed by atoms with van der Waals surface area (Å²) >= 11 is 0. The molecular formula is C12H13F2NO3. The van der Waals surface area contributed by atoms with Gasteiger partial charge in [-0.1, -0.05) is 6.92 Å². The molecule has 0 unspecified atom stereocenters. The van der Waals surface area contributed by atoms with Crippen molar-refractivity contribution in [1.29, 1.82) is 0 Å². The van der Waals surface area contributed by atoms with Crippen LogP contribution >= 0.6 is 0 Å². The van der Waals surface area contributed by atoms with Crippen molar-refractivity contribution < 1.29 is 23.5 Å². The number of halogens is 2. The molecule has 0 aromatic heterocycles. The van der Waals surface area contributed by atoms with E-state index in [-0.39, 0.29) is 30.5 Å². The van der Waals surface area contributed by atoms with E-state index in [0.717, 1.165) is 12.1 Å². The first-order valence-electron chi connectivity index (χ1n) is 5.43. The topological polar surface area (TPSA) is 66.4 Å². The molecule has 2 N–H and O–H groups in total. The maximum atomic E-state index is 13.4. The molecule has 0 atom stereocenters. The number of aliphatic carboxylic acids is 1. The Hall–Kier alpha value is -1.98. The van der Waals surface area contributed by atoms with Gasteiger partial charge in [0.2, 0.25) is 0 Å². The number of amides is 1. The largest absolute Gasteiger partial charge is 0.481 e. The van der Waals surface area contributed by atoms with E-state index < -0.39 is 23.5 Å². The lowest BCUT2D eigenvalue weighted by Gasteiger charge is -2.07. The first-order valence-corrected chi connectivity index (χ1v) is 5.43. The van der Waals surface area contributed by atoms with E-state index in [1.54, 1.807) is 6.92 Å². The molecule has 0 spiro atoms. The normalized spacial score (nSPS) is 10.2. The SMILES string of the molecule is CCc1c(F)cc(C(=O)NCCC(=O)O)cc1F. The summed E-state index contributed by atoms with van der Waals surface area (Å²) in [5.41, 5.74) is -0.232. The van der Waals surface area contributed by atoms with Gasteiger partial charge in [0.1, 0.15) is 11.6 Å². The van der Waals surface area contributed by atoms with Crippen LogP contribution in [0.25, 0.3) is 0 Å². The average Bonchev–Trinajstić information content (AvgIpc) is 2.27. The molecule has 0 aliphatic rings. The van der Waals surface area contributed by atoms with Crippen LogP contribution in [0.5, 0.6) is 0 Å². The van der Waals surface area contributed by atoms with Gasteiger partial charge in [-0.2, -0.15) is 0 Å². The van der Waals surface area contributed by atoms with E-state index in [4.69, 9.17) is 5.11 Å². The zero-order valence-electron chi connectivity index (χ0n) is 9.80. The summed E-state index contributed by atoms with van der Waals surface area (Å²) in [4.78, 5) is 21.7. The first-order chi connectivity index (χ1) is 8.45. The minimum atomic E-state index is -1.06. The summed E-state index contributed by atoms with van der Waals surface area (Å²) in [6.45, 7) is 1.51. The predicted molar refractivity (Wildman–Crippen MR) is 60.3 cm³/mol. The van der Waals surface area contributed by atoms with Gasteiger partial charge in [-0.05, 0) is 18.6 Å². The fourth-order valence-corrected chi connectivity index (χ4v) is 1.46. The highest BCUT2D eigenvalue weighted by atomic mass is 19.1. The predicted octanol–water partition coefficient (Wildman–Crippen LogP) is 1.73. The Kier molecular flexibility index (Phi) is 4.76. The van der Waals surface area contributed by atoms with E-state index in [0.29, 0.717) is 0 Å². The number of carbonyl (C=O) groups is 2. The first kappa shape index (κ1) is 14.1. The number of rotatable bonds is 5. The Morgan fingerprint density at radius 3 is 2.28 bits per heavy atom. The van der Waals surface area contributed by atoms with Gasteiger partial charge >= 0.3 is 5.97 Å². The minimum absolute atomic E-state index is 0.0721. The summed E-state index contributed by atoms with van der Waals surface area (Å²) in [5, 5.41) is 10.7. The quantitative estimate of drug-likeness (QED) is 0.844. The van der Waals surface area contributed by atoms with Crippen molar-refractivity contribution in [2.75, 3.05) is 6.54 Å². The summed E-state index contributed by atoms with van der Waals surface area (Å²) in [7, 11) is 0. The molecule has 0 saturated heterocycles. The van der Waals surface area contributed by atoms with Crippen molar-refractivity contribution in [3.63, 3.8) is 0 Å². The van der Waals surface area contributed by atoms with Gasteiger partial charge in [0.25, 0.3) is 5.91 Å². The Morgan fingerprint density at radius 1 is 1.28 bits per heavy atom. The van der Waals surface area contributed by atoms with Crippen molar-refractivity contribution in [3.05, 3.63) is 34.9 Å².